The number of nitrogens with one attached hydrogen (secondary N) is 1. The molecule has 0 spiro atoms. The maximum absolute atomic E-state index is 11.4. The van der Waals surface area contributed by atoms with Crippen LogP contribution in [0, 0.1) is 5.92 Å². The fourth-order valence-corrected chi connectivity index (χ4v) is 3.39. The van der Waals surface area contributed by atoms with Crippen molar-refractivity contribution in [1.82, 2.24) is 0 Å². The molecule has 2 aliphatic rings. The molecular weight excluding hydrogens is 216 g/mol. The van der Waals surface area contributed by atoms with Gasteiger partial charge in [-0.05, 0) is 32.1 Å². The lowest BCUT2D eigenvalue weighted by Gasteiger charge is -2.40. The first-order valence-corrected chi connectivity index (χ1v) is 7.10. The third-order valence-corrected chi connectivity index (χ3v) is 4.27. The number of fused-ring (bicyclic) bond motifs is 1. The maximum atomic E-state index is 11.4. The molecule has 2 fully saturated rings. The van der Waals surface area contributed by atoms with E-state index < -0.39 is 0 Å². The van der Waals surface area contributed by atoms with Crippen LogP contribution in [0.4, 0.5) is 0 Å². The van der Waals surface area contributed by atoms with Crippen LogP contribution in [0.5, 0.6) is 0 Å². The third kappa shape index (κ3) is 3.42. The summed E-state index contributed by atoms with van der Waals surface area (Å²) in [5, 5.41) is 0. The Morgan fingerprint density at radius 3 is 2.88 bits per heavy atom. The van der Waals surface area contributed by atoms with E-state index in [2.05, 4.69) is 5.73 Å². The first kappa shape index (κ1) is 12.8. The Morgan fingerprint density at radius 1 is 1.24 bits per heavy atom. The first-order chi connectivity index (χ1) is 8.31. The highest BCUT2D eigenvalue weighted by Crippen LogP contribution is 2.20. The van der Waals surface area contributed by atoms with Gasteiger partial charge in [0.15, 0.2) is 0 Å². The highest BCUT2D eigenvalue weighted by Gasteiger charge is 2.36. The summed E-state index contributed by atoms with van der Waals surface area (Å²) < 4.78 is 5.38. The molecule has 1 unspecified atom stereocenters. The van der Waals surface area contributed by atoms with Crippen molar-refractivity contribution in [3.8, 4) is 0 Å². The molecular formula is C13H26N2O2+2. The summed E-state index contributed by atoms with van der Waals surface area (Å²) in [6.45, 7) is 3.94. The van der Waals surface area contributed by atoms with Crippen LogP contribution in [-0.2, 0) is 9.53 Å². The summed E-state index contributed by atoms with van der Waals surface area (Å²) in [5.74, 6) is 0.538. The fraction of sp³-hybridized carbons (Fsp3) is 0.923. The van der Waals surface area contributed by atoms with Crippen LogP contribution in [0.25, 0.3) is 0 Å². The average molecular weight is 242 g/mol. The Hall–Kier alpha value is -0.610. The van der Waals surface area contributed by atoms with Gasteiger partial charge in [-0.3, -0.25) is 4.79 Å². The van der Waals surface area contributed by atoms with Gasteiger partial charge in [0.25, 0.3) is 0 Å². The Bertz CT molecular complexity index is 256. The van der Waals surface area contributed by atoms with Crippen molar-refractivity contribution in [2.45, 2.75) is 44.6 Å². The van der Waals surface area contributed by atoms with E-state index in [1.54, 1.807) is 4.90 Å². The molecule has 0 bridgehead atoms. The van der Waals surface area contributed by atoms with Gasteiger partial charge in [0.1, 0.15) is 0 Å². The number of hydrogen-bond donors (Lipinski definition) is 2. The van der Waals surface area contributed by atoms with E-state index >= 15 is 0 Å². The van der Waals surface area contributed by atoms with E-state index in [1.165, 1.54) is 45.2 Å². The van der Waals surface area contributed by atoms with Gasteiger partial charge in [-0.25, -0.2) is 0 Å². The van der Waals surface area contributed by atoms with Crippen LogP contribution in [0.2, 0.25) is 0 Å². The Morgan fingerprint density at radius 2 is 2.06 bits per heavy atom. The van der Waals surface area contributed by atoms with Gasteiger partial charge in [-0.15, -0.1) is 0 Å². The number of quaternary nitrogens is 2. The average Bonchev–Trinajstić information content (AvgIpc) is 2.36. The molecule has 0 aromatic carbocycles. The normalized spacial score (nSPS) is 32.9. The van der Waals surface area contributed by atoms with E-state index in [-0.39, 0.29) is 5.97 Å². The summed E-state index contributed by atoms with van der Waals surface area (Å²) in [6, 6.07) is 0.755. The predicted molar refractivity (Wildman–Crippen MR) is 64.4 cm³/mol. The SMILES string of the molecule is [NH3+]CCC(=O)OC[C@@H]1CCC[NH+]2CCCC[C@@H]12. The zero-order valence-corrected chi connectivity index (χ0v) is 10.7. The van der Waals surface area contributed by atoms with Crippen molar-refractivity contribution in [2.24, 2.45) is 5.92 Å². The molecule has 4 N–H and O–H groups in total. The van der Waals surface area contributed by atoms with Crippen LogP contribution in [0.15, 0.2) is 0 Å². The van der Waals surface area contributed by atoms with Crippen LogP contribution in [0.3, 0.4) is 0 Å². The minimum Gasteiger partial charge on any atom is -0.465 e. The quantitative estimate of drug-likeness (QED) is 0.622. The minimum atomic E-state index is -0.0667. The second kappa shape index (κ2) is 6.36. The Kier molecular flexibility index (Phi) is 4.80. The molecule has 4 nitrogen and oxygen atoms in total. The van der Waals surface area contributed by atoms with Crippen molar-refractivity contribution in [3.05, 3.63) is 0 Å². The van der Waals surface area contributed by atoms with Crippen LogP contribution in [-0.4, -0.2) is 38.3 Å². The lowest BCUT2D eigenvalue weighted by atomic mass is 9.84. The molecule has 2 rings (SSSR count). The summed E-state index contributed by atoms with van der Waals surface area (Å²) in [6.07, 6.45) is 7.06. The monoisotopic (exact) mass is 242 g/mol. The zero-order valence-electron chi connectivity index (χ0n) is 10.7. The summed E-state index contributed by atoms with van der Waals surface area (Å²) >= 11 is 0. The molecule has 0 radical (unpaired) electrons. The summed E-state index contributed by atoms with van der Waals surface area (Å²) in [7, 11) is 0. The lowest BCUT2D eigenvalue weighted by Crippen LogP contribution is -3.18. The van der Waals surface area contributed by atoms with Gasteiger partial charge in [0, 0.05) is 5.92 Å². The number of carbonyl (C=O) groups excluding carboxylic acids is 1. The van der Waals surface area contributed by atoms with Gasteiger partial charge < -0.3 is 15.4 Å². The number of esters is 1. The highest BCUT2D eigenvalue weighted by atomic mass is 16.5. The van der Waals surface area contributed by atoms with E-state index in [1.807, 2.05) is 0 Å². The molecule has 4 heteroatoms. The Balaban J connectivity index is 1.80. The summed E-state index contributed by atoms with van der Waals surface area (Å²) in [4.78, 5) is 13.1. The topological polar surface area (TPSA) is 58.4 Å². The minimum absolute atomic E-state index is 0.0667. The lowest BCUT2D eigenvalue weighted by molar-refractivity contribution is -0.940. The van der Waals surface area contributed by atoms with Crippen LogP contribution in [0.1, 0.15) is 38.5 Å². The predicted octanol–water partition coefficient (Wildman–Crippen LogP) is -0.991. The second-order valence-electron chi connectivity index (χ2n) is 5.45. The molecule has 0 amide bonds. The zero-order chi connectivity index (χ0) is 12.1. The molecule has 2 aliphatic heterocycles. The van der Waals surface area contributed by atoms with E-state index in [9.17, 15) is 4.79 Å². The number of hydrogen-bond acceptors (Lipinski definition) is 2. The number of ether oxygens (including phenoxy) is 1. The molecule has 0 aliphatic carbocycles. The van der Waals surface area contributed by atoms with Crippen molar-refractivity contribution in [1.29, 1.82) is 0 Å². The second-order valence-corrected chi connectivity index (χ2v) is 5.45. The van der Waals surface area contributed by atoms with Crippen LogP contribution < -0.4 is 10.6 Å². The highest BCUT2D eigenvalue weighted by molar-refractivity contribution is 5.69. The van der Waals surface area contributed by atoms with Gasteiger partial charge in [0.05, 0.1) is 38.7 Å². The first-order valence-electron chi connectivity index (χ1n) is 7.10. The van der Waals surface area contributed by atoms with Gasteiger partial charge in [0.2, 0.25) is 0 Å². The van der Waals surface area contributed by atoms with Crippen molar-refractivity contribution < 1.29 is 20.2 Å². The summed E-state index contributed by atoms with van der Waals surface area (Å²) in [5.41, 5.74) is 3.68. The van der Waals surface area contributed by atoms with E-state index in [4.69, 9.17) is 4.74 Å². The third-order valence-electron chi connectivity index (χ3n) is 4.27. The number of piperidine rings is 2. The van der Waals surface area contributed by atoms with Crippen molar-refractivity contribution in [3.63, 3.8) is 0 Å². The van der Waals surface area contributed by atoms with E-state index in [0.29, 0.717) is 25.5 Å². The largest absolute Gasteiger partial charge is 0.465 e. The molecule has 0 saturated carbocycles. The molecule has 0 aromatic rings. The number of carbonyl (C=O) groups is 1. The molecule has 2 heterocycles. The van der Waals surface area contributed by atoms with Crippen molar-refractivity contribution >= 4 is 5.97 Å². The Labute approximate surface area is 103 Å². The smallest absolute Gasteiger partial charge is 0.311 e. The van der Waals surface area contributed by atoms with Gasteiger partial charge in [-0.2, -0.15) is 0 Å². The molecule has 17 heavy (non-hydrogen) atoms. The van der Waals surface area contributed by atoms with Gasteiger partial charge in [-0.1, -0.05) is 0 Å². The standard InChI is InChI=1S/C13H24N2O2/c14-7-6-13(16)17-10-11-4-3-9-15-8-2-1-5-12(11)15/h11-12H,1-10,14H2/p+2/t11-,12-/m0/s1. The van der Waals surface area contributed by atoms with E-state index in [0.717, 1.165) is 6.04 Å². The van der Waals surface area contributed by atoms with Gasteiger partial charge >= 0.3 is 5.97 Å². The molecule has 3 atom stereocenters. The fourth-order valence-electron chi connectivity index (χ4n) is 3.39. The maximum Gasteiger partial charge on any atom is 0.311 e. The molecule has 98 valence electrons. The molecule has 2 saturated heterocycles. The van der Waals surface area contributed by atoms with Crippen molar-refractivity contribution in [2.75, 3.05) is 26.2 Å². The molecule has 0 aromatic heterocycles. The van der Waals surface area contributed by atoms with Crippen LogP contribution >= 0.6 is 0 Å². The number of rotatable bonds is 4.